The molecular weight excluding hydrogens is 317 g/mol. The number of nitrogens with zero attached hydrogens (tertiary/aromatic N) is 5. The van der Waals surface area contributed by atoms with Gasteiger partial charge in [0.2, 0.25) is 0 Å². The fourth-order valence-corrected chi connectivity index (χ4v) is 3.51. The zero-order chi connectivity index (χ0) is 17.4. The molecule has 5 nitrogen and oxygen atoms in total. The minimum atomic E-state index is -0.255. The van der Waals surface area contributed by atoms with Gasteiger partial charge in [-0.3, -0.25) is 0 Å². The first-order valence-corrected chi connectivity index (χ1v) is 8.64. The van der Waals surface area contributed by atoms with E-state index in [9.17, 15) is 4.39 Å². The van der Waals surface area contributed by atoms with E-state index in [2.05, 4.69) is 34.0 Å². The van der Waals surface area contributed by atoms with E-state index in [1.54, 1.807) is 18.3 Å². The maximum atomic E-state index is 14.3. The van der Waals surface area contributed by atoms with Crippen LogP contribution in [0.4, 0.5) is 10.2 Å². The first kappa shape index (κ1) is 16.0. The molecule has 0 saturated carbocycles. The molecule has 0 radical (unpaired) electrons. The Morgan fingerprint density at radius 2 is 2.04 bits per heavy atom. The number of rotatable bonds is 3. The van der Waals surface area contributed by atoms with Gasteiger partial charge in [-0.25, -0.2) is 9.37 Å². The average molecular weight is 339 g/mol. The van der Waals surface area contributed by atoms with Gasteiger partial charge in [-0.05, 0) is 39.1 Å². The third-order valence-electron chi connectivity index (χ3n) is 4.94. The molecule has 0 unspecified atom stereocenters. The van der Waals surface area contributed by atoms with Crippen molar-refractivity contribution in [2.45, 2.75) is 18.9 Å². The molecule has 1 saturated heterocycles. The maximum absolute atomic E-state index is 14.3. The van der Waals surface area contributed by atoms with E-state index in [1.165, 1.54) is 12.5 Å². The molecule has 2 aromatic heterocycles. The molecule has 4 rings (SSSR count). The standard InChI is InChI=1S/C19H22FN5/c1-23(2)14-6-5-11-24(13-14)19-12-17(15-7-3-4-8-16(15)20)22-18-9-10-21-25(18)19/h3-4,7-10,12,14H,5-6,11,13H2,1-2H3/t14-/m0/s1. The van der Waals surface area contributed by atoms with Crippen molar-refractivity contribution >= 4 is 11.5 Å². The van der Waals surface area contributed by atoms with Crippen LogP contribution in [0.25, 0.3) is 16.9 Å². The molecule has 0 aliphatic carbocycles. The summed E-state index contributed by atoms with van der Waals surface area (Å²) in [5.74, 6) is 0.717. The van der Waals surface area contributed by atoms with Gasteiger partial charge in [0.25, 0.3) is 0 Å². The minimum absolute atomic E-state index is 0.255. The second-order valence-corrected chi connectivity index (χ2v) is 6.79. The van der Waals surface area contributed by atoms with Crippen molar-refractivity contribution in [3.05, 3.63) is 48.4 Å². The lowest BCUT2D eigenvalue weighted by molar-refractivity contribution is 0.257. The van der Waals surface area contributed by atoms with E-state index < -0.39 is 0 Å². The Kier molecular flexibility index (Phi) is 4.13. The van der Waals surface area contributed by atoms with Gasteiger partial charge in [-0.1, -0.05) is 12.1 Å². The number of halogens is 1. The van der Waals surface area contributed by atoms with Gasteiger partial charge in [0.15, 0.2) is 5.65 Å². The monoisotopic (exact) mass is 339 g/mol. The fourth-order valence-electron chi connectivity index (χ4n) is 3.51. The molecule has 0 spiro atoms. The van der Waals surface area contributed by atoms with Crippen molar-refractivity contribution in [2.75, 3.05) is 32.1 Å². The van der Waals surface area contributed by atoms with E-state index in [1.807, 2.05) is 22.7 Å². The molecule has 130 valence electrons. The summed E-state index contributed by atoms with van der Waals surface area (Å²) in [6.45, 7) is 1.91. The number of anilines is 1. The number of benzene rings is 1. The van der Waals surface area contributed by atoms with Crippen molar-refractivity contribution in [1.29, 1.82) is 0 Å². The van der Waals surface area contributed by atoms with Gasteiger partial charge < -0.3 is 9.80 Å². The summed E-state index contributed by atoms with van der Waals surface area (Å²) in [5, 5.41) is 4.43. The lowest BCUT2D eigenvalue weighted by atomic mass is 10.0. The second-order valence-electron chi connectivity index (χ2n) is 6.79. The highest BCUT2D eigenvalue weighted by molar-refractivity contribution is 5.67. The lowest BCUT2D eigenvalue weighted by Gasteiger charge is -2.37. The van der Waals surface area contributed by atoms with Gasteiger partial charge in [-0.2, -0.15) is 9.61 Å². The lowest BCUT2D eigenvalue weighted by Crippen LogP contribution is -2.45. The van der Waals surface area contributed by atoms with E-state index in [4.69, 9.17) is 0 Å². The first-order chi connectivity index (χ1) is 12.1. The van der Waals surface area contributed by atoms with Crippen molar-refractivity contribution in [2.24, 2.45) is 0 Å². The highest BCUT2D eigenvalue weighted by atomic mass is 19.1. The quantitative estimate of drug-likeness (QED) is 0.735. The molecule has 0 amide bonds. The predicted molar refractivity (Wildman–Crippen MR) is 97.3 cm³/mol. The highest BCUT2D eigenvalue weighted by Crippen LogP contribution is 2.28. The smallest absolute Gasteiger partial charge is 0.157 e. The largest absolute Gasteiger partial charge is 0.355 e. The van der Waals surface area contributed by atoms with Crippen molar-refractivity contribution in [3.63, 3.8) is 0 Å². The summed E-state index contributed by atoms with van der Waals surface area (Å²) in [6, 6.07) is 11.1. The molecule has 1 aliphatic rings. The van der Waals surface area contributed by atoms with Gasteiger partial charge in [0.05, 0.1) is 11.9 Å². The van der Waals surface area contributed by atoms with Crippen molar-refractivity contribution in [1.82, 2.24) is 19.5 Å². The van der Waals surface area contributed by atoms with Crippen LogP contribution in [-0.2, 0) is 0 Å². The fraction of sp³-hybridized carbons (Fsp3) is 0.368. The third kappa shape index (κ3) is 2.98. The van der Waals surface area contributed by atoms with Crippen LogP contribution >= 0.6 is 0 Å². The molecule has 1 aromatic carbocycles. The van der Waals surface area contributed by atoms with Gasteiger partial charge >= 0.3 is 0 Å². The van der Waals surface area contributed by atoms with E-state index in [-0.39, 0.29) is 5.82 Å². The molecule has 1 atom stereocenters. The normalized spacial score (nSPS) is 18.2. The molecule has 6 heteroatoms. The Morgan fingerprint density at radius 1 is 1.20 bits per heavy atom. The number of hydrogen-bond donors (Lipinski definition) is 0. The Bertz CT molecular complexity index is 888. The summed E-state index contributed by atoms with van der Waals surface area (Å²) in [5.41, 5.74) is 1.91. The molecule has 0 bridgehead atoms. The van der Waals surface area contributed by atoms with Crippen molar-refractivity contribution < 1.29 is 4.39 Å². The minimum Gasteiger partial charge on any atom is -0.355 e. The zero-order valence-corrected chi connectivity index (χ0v) is 14.6. The molecule has 3 aromatic rings. The van der Waals surface area contributed by atoms with Gasteiger partial charge in [-0.15, -0.1) is 0 Å². The average Bonchev–Trinajstić information content (AvgIpc) is 3.10. The van der Waals surface area contributed by atoms with Crippen LogP contribution in [0.1, 0.15) is 12.8 Å². The van der Waals surface area contributed by atoms with Crippen molar-refractivity contribution in [3.8, 4) is 11.3 Å². The van der Waals surface area contributed by atoms with E-state index in [0.29, 0.717) is 17.3 Å². The van der Waals surface area contributed by atoms with E-state index >= 15 is 0 Å². The third-order valence-corrected chi connectivity index (χ3v) is 4.94. The summed E-state index contributed by atoms with van der Waals surface area (Å²) < 4.78 is 16.1. The van der Waals surface area contributed by atoms with Gasteiger partial charge in [0, 0.05) is 36.8 Å². The number of fused-ring (bicyclic) bond motifs is 1. The molecule has 1 fully saturated rings. The Morgan fingerprint density at radius 3 is 2.84 bits per heavy atom. The maximum Gasteiger partial charge on any atom is 0.157 e. The summed E-state index contributed by atoms with van der Waals surface area (Å²) in [7, 11) is 4.24. The second kappa shape index (κ2) is 6.44. The topological polar surface area (TPSA) is 36.7 Å². The van der Waals surface area contributed by atoms with Crippen LogP contribution in [0.15, 0.2) is 42.6 Å². The number of piperidine rings is 1. The summed E-state index contributed by atoms with van der Waals surface area (Å²) in [4.78, 5) is 9.20. The highest BCUT2D eigenvalue weighted by Gasteiger charge is 2.24. The molecule has 1 aliphatic heterocycles. The summed E-state index contributed by atoms with van der Waals surface area (Å²) >= 11 is 0. The molecule has 0 N–H and O–H groups in total. The number of likely N-dealkylation sites (N-methyl/N-ethyl adjacent to an activating group) is 1. The van der Waals surface area contributed by atoms with Crippen LogP contribution < -0.4 is 4.90 Å². The van der Waals surface area contributed by atoms with Crippen LogP contribution in [0.2, 0.25) is 0 Å². The van der Waals surface area contributed by atoms with Crippen LogP contribution in [0.5, 0.6) is 0 Å². The zero-order valence-electron chi connectivity index (χ0n) is 14.6. The predicted octanol–water partition coefficient (Wildman–Crippen LogP) is 3.07. The Balaban J connectivity index is 1.80. The van der Waals surface area contributed by atoms with Crippen LogP contribution in [-0.4, -0.2) is 52.7 Å². The molecule has 3 heterocycles. The number of hydrogen-bond acceptors (Lipinski definition) is 4. The molecule has 25 heavy (non-hydrogen) atoms. The van der Waals surface area contributed by atoms with E-state index in [0.717, 1.165) is 31.0 Å². The van der Waals surface area contributed by atoms with Gasteiger partial charge in [0.1, 0.15) is 11.6 Å². The summed E-state index contributed by atoms with van der Waals surface area (Å²) in [6.07, 6.45) is 4.06. The number of aromatic nitrogens is 3. The molecular formula is C19H22FN5. The Labute approximate surface area is 146 Å². The SMILES string of the molecule is CN(C)[C@H]1CCCN(c2cc(-c3ccccc3F)nc3ccnn23)C1. The first-order valence-electron chi connectivity index (χ1n) is 8.64. The van der Waals surface area contributed by atoms with Crippen LogP contribution in [0.3, 0.4) is 0 Å². The van der Waals surface area contributed by atoms with Crippen LogP contribution in [0, 0.1) is 5.82 Å². The Hall–Kier alpha value is -2.47.